The minimum absolute atomic E-state index is 0.142. The van der Waals surface area contributed by atoms with E-state index in [4.69, 9.17) is 14.6 Å². The summed E-state index contributed by atoms with van der Waals surface area (Å²) in [5, 5.41) is 9.00. The molecule has 2 aromatic carbocycles. The van der Waals surface area contributed by atoms with Crippen LogP contribution in [0.4, 0.5) is 0 Å². The zero-order valence-electron chi connectivity index (χ0n) is 19.8. The molecule has 0 aliphatic carbocycles. The highest BCUT2D eigenvalue weighted by Crippen LogP contribution is 2.36. The van der Waals surface area contributed by atoms with Crippen LogP contribution in [-0.4, -0.2) is 24.2 Å². The van der Waals surface area contributed by atoms with Crippen molar-refractivity contribution in [3.05, 3.63) is 59.2 Å². The first-order valence-electron chi connectivity index (χ1n) is 11.5. The van der Waals surface area contributed by atoms with Crippen molar-refractivity contribution in [3.63, 3.8) is 0 Å². The van der Waals surface area contributed by atoms with Crippen molar-refractivity contribution in [3.8, 4) is 11.5 Å². The summed E-state index contributed by atoms with van der Waals surface area (Å²) in [5.41, 5.74) is 1.43. The van der Waals surface area contributed by atoms with Crippen molar-refractivity contribution in [1.82, 2.24) is 0 Å². The molecule has 0 bridgehead atoms. The molecule has 1 N–H and O–H groups in total. The van der Waals surface area contributed by atoms with Gasteiger partial charge in [-0.25, -0.2) is 9.59 Å². The lowest BCUT2D eigenvalue weighted by atomic mass is 9.78. The molecule has 0 aliphatic rings. The van der Waals surface area contributed by atoms with Gasteiger partial charge in [-0.2, -0.15) is 0 Å². The molecular formula is C27H36O5. The molecule has 0 amide bonds. The van der Waals surface area contributed by atoms with E-state index in [-0.39, 0.29) is 11.0 Å². The van der Waals surface area contributed by atoms with E-state index in [1.165, 1.54) is 62.8 Å². The molecule has 0 spiro atoms. The number of unbranched alkanes of at least 4 members (excludes halogenated alkanes) is 6. The second kappa shape index (κ2) is 12.3. The van der Waals surface area contributed by atoms with Crippen molar-refractivity contribution in [2.24, 2.45) is 0 Å². The Kier molecular flexibility index (Phi) is 9.76. The quantitative estimate of drug-likeness (QED) is 0.206. The Morgan fingerprint density at radius 3 is 2.06 bits per heavy atom. The molecule has 5 nitrogen and oxygen atoms in total. The van der Waals surface area contributed by atoms with Crippen LogP contribution in [0.1, 0.15) is 98.4 Å². The number of carboxylic acids is 1. The average Bonchev–Trinajstić information content (AvgIpc) is 2.78. The lowest BCUT2D eigenvalue weighted by Gasteiger charge is -2.27. The third-order valence-corrected chi connectivity index (χ3v) is 5.88. The van der Waals surface area contributed by atoms with Crippen molar-refractivity contribution in [2.75, 3.05) is 7.11 Å². The van der Waals surface area contributed by atoms with Crippen molar-refractivity contribution in [2.45, 2.75) is 77.6 Å². The van der Waals surface area contributed by atoms with Gasteiger partial charge in [-0.05, 0) is 54.3 Å². The molecule has 0 unspecified atom stereocenters. The van der Waals surface area contributed by atoms with E-state index >= 15 is 0 Å². The predicted molar refractivity (Wildman–Crippen MR) is 127 cm³/mol. The lowest BCUT2D eigenvalue weighted by Crippen LogP contribution is -2.20. The molecule has 2 rings (SSSR count). The van der Waals surface area contributed by atoms with Crippen molar-refractivity contribution < 1.29 is 24.2 Å². The van der Waals surface area contributed by atoms with Crippen LogP contribution in [-0.2, 0) is 5.41 Å². The first kappa shape index (κ1) is 25.4. The maximum atomic E-state index is 12.7. The van der Waals surface area contributed by atoms with E-state index in [9.17, 15) is 9.59 Å². The van der Waals surface area contributed by atoms with E-state index in [2.05, 4.69) is 20.8 Å². The third kappa shape index (κ3) is 7.40. The topological polar surface area (TPSA) is 72.8 Å². The normalized spacial score (nSPS) is 11.2. The lowest BCUT2D eigenvalue weighted by molar-refractivity contribution is 0.0696. The van der Waals surface area contributed by atoms with Crippen LogP contribution < -0.4 is 9.47 Å². The van der Waals surface area contributed by atoms with Gasteiger partial charge in [0.05, 0.1) is 18.2 Å². The first-order chi connectivity index (χ1) is 15.3. The molecule has 0 radical (unpaired) electrons. The second-order valence-electron chi connectivity index (χ2n) is 8.89. The van der Waals surface area contributed by atoms with Gasteiger partial charge >= 0.3 is 11.9 Å². The smallest absolute Gasteiger partial charge is 0.343 e. The molecule has 5 heteroatoms. The molecule has 0 aliphatic heterocycles. The molecule has 0 aromatic heterocycles. The van der Waals surface area contributed by atoms with Crippen LogP contribution in [0.5, 0.6) is 11.5 Å². The monoisotopic (exact) mass is 440 g/mol. The van der Waals surface area contributed by atoms with E-state index in [0.29, 0.717) is 11.3 Å². The fraction of sp³-hybridized carbons (Fsp3) is 0.481. The summed E-state index contributed by atoms with van der Waals surface area (Å²) >= 11 is 0. The maximum absolute atomic E-state index is 12.7. The summed E-state index contributed by atoms with van der Waals surface area (Å²) in [5.74, 6) is -0.436. The van der Waals surface area contributed by atoms with E-state index < -0.39 is 11.9 Å². The molecule has 0 atom stereocenters. The summed E-state index contributed by atoms with van der Waals surface area (Å²) in [4.78, 5) is 23.7. The minimum Gasteiger partial charge on any atom is -0.496 e. The van der Waals surface area contributed by atoms with E-state index in [1.807, 2.05) is 12.1 Å². The van der Waals surface area contributed by atoms with Gasteiger partial charge in [0.1, 0.15) is 11.5 Å². The molecule has 2 aromatic rings. The number of carbonyl (C=O) groups excluding carboxylic acids is 1. The van der Waals surface area contributed by atoms with Gasteiger partial charge in [-0.15, -0.1) is 0 Å². The molecule has 174 valence electrons. The number of carbonyl (C=O) groups is 2. The van der Waals surface area contributed by atoms with Crippen molar-refractivity contribution in [1.29, 1.82) is 0 Å². The van der Waals surface area contributed by atoms with E-state index in [0.717, 1.165) is 24.2 Å². The summed E-state index contributed by atoms with van der Waals surface area (Å²) in [6, 6.07) is 11.2. The number of aromatic carboxylic acids is 1. The SMILES string of the molecule is CCCCCCCCCC(C)(C)c1cc(C(=O)Oc2ccc(C(=O)O)cc2)ccc1OC. The van der Waals surface area contributed by atoms with Crippen LogP contribution in [0, 0.1) is 0 Å². The largest absolute Gasteiger partial charge is 0.496 e. The van der Waals surface area contributed by atoms with Gasteiger partial charge < -0.3 is 14.6 Å². The van der Waals surface area contributed by atoms with Crippen LogP contribution >= 0.6 is 0 Å². The van der Waals surface area contributed by atoms with Gasteiger partial charge in [0, 0.05) is 5.56 Å². The fourth-order valence-electron chi connectivity index (χ4n) is 3.85. The Morgan fingerprint density at radius 2 is 1.47 bits per heavy atom. The van der Waals surface area contributed by atoms with Crippen LogP contribution in [0.2, 0.25) is 0 Å². The standard InChI is InChI=1S/C27H36O5/c1-5-6-7-8-9-10-11-18-27(2,3)23-19-21(14-17-24(23)31-4)26(30)32-22-15-12-20(13-16-22)25(28)29/h12-17,19H,5-11,18H2,1-4H3,(H,28,29). The first-order valence-corrected chi connectivity index (χ1v) is 11.5. The highest BCUT2D eigenvalue weighted by atomic mass is 16.5. The number of esters is 1. The summed E-state index contributed by atoms with van der Waals surface area (Å²) in [6.07, 6.45) is 9.81. The Balaban J connectivity index is 2.06. The zero-order chi connectivity index (χ0) is 23.6. The maximum Gasteiger partial charge on any atom is 0.343 e. The number of rotatable bonds is 13. The Bertz CT molecular complexity index is 883. The summed E-state index contributed by atoms with van der Waals surface area (Å²) < 4.78 is 11.0. The Hall–Kier alpha value is -2.82. The number of ether oxygens (including phenoxy) is 2. The second-order valence-corrected chi connectivity index (χ2v) is 8.89. The zero-order valence-corrected chi connectivity index (χ0v) is 19.8. The number of carboxylic acid groups (broad SMARTS) is 1. The predicted octanol–water partition coefficient (Wildman–Crippen LogP) is 7.03. The third-order valence-electron chi connectivity index (χ3n) is 5.88. The average molecular weight is 441 g/mol. The molecular weight excluding hydrogens is 404 g/mol. The highest BCUT2D eigenvalue weighted by Gasteiger charge is 2.26. The molecule has 0 heterocycles. The van der Waals surface area contributed by atoms with Gasteiger partial charge in [-0.3, -0.25) is 0 Å². The summed E-state index contributed by atoms with van der Waals surface area (Å²) in [6.45, 7) is 6.60. The van der Waals surface area contributed by atoms with E-state index in [1.54, 1.807) is 13.2 Å². The fourth-order valence-corrected chi connectivity index (χ4v) is 3.85. The van der Waals surface area contributed by atoms with Gasteiger partial charge in [0.15, 0.2) is 0 Å². The van der Waals surface area contributed by atoms with Gasteiger partial charge in [0.2, 0.25) is 0 Å². The van der Waals surface area contributed by atoms with Gasteiger partial charge in [0.25, 0.3) is 0 Å². The Labute approximate surface area is 191 Å². The van der Waals surface area contributed by atoms with Crippen LogP contribution in [0.15, 0.2) is 42.5 Å². The van der Waals surface area contributed by atoms with Crippen LogP contribution in [0.3, 0.4) is 0 Å². The van der Waals surface area contributed by atoms with Crippen molar-refractivity contribution >= 4 is 11.9 Å². The van der Waals surface area contributed by atoms with Gasteiger partial charge in [-0.1, -0.05) is 65.7 Å². The Morgan fingerprint density at radius 1 is 0.875 bits per heavy atom. The summed E-state index contributed by atoms with van der Waals surface area (Å²) in [7, 11) is 1.64. The molecule has 0 fully saturated rings. The molecule has 0 saturated heterocycles. The number of hydrogen-bond donors (Lipinski definition) is 1. The molecule has 32 heavy (non-hydrogen) atoms. The number of methoxy groups -OCH3 is 1. The number of hydrogen-bond acceptors (Lipinski definition) is 4. The number of benzene rings is 2. The van der Waals surface area contributed by atoms with Crippen LogP contribution in [0.25, 0.3) is 0 Å². The highest BCUT2D eigenvalue weighted by molar-refractivity contribution is 5.92. The molecule has 0 saturated carbocycles. The minimum atomic E-state index is -1.02.